The zero-order valence-corrected chi connectivity index (χ0v) is 20.9. The van der Waals surface area contributed by atoms with Crippen molar-refractivity contribution in [2.75, 3.05) is 6.54 Å². The van der Waals surface area contributed by atoms with E-state index in [9.17, 15) is 4.79 Å². The fraction of sp³-hybridized carbons (Fsp3) is 0.750. The van der Waals surface area contributed by atoms with E-state index < -0.39 is 6.10 Å². The maximum atomic E-state index is 12.2. The highest BCUT2D eigenvalue weighted by molar-refractivity contribution is 5.80. The van der Waals surface area contributed by atoms with Crippen LogP contribution in [0, 0.1) is 0 Å². The Labute approximate surface area is 192 Å². The minimum atomic E-state index is -0.462. The van der Waals surface area contributed by atoms with Crippen molar-refractivity contribution >= 4 is 5.91 Å². The van der Waals surface area contributed by atoms with E-state index in [1.54, 1.807) is 0 Å². The molecule has 0 saturated heterocycles. The molecule has 178 valence electrons. The van der Waals surface area contributed by atoms with Crippen LogP contribution in [0.5, 0.6) is 5.75 Å². The summed E-state index contributed by atoms with van der Waals surface area (Å²) in [6, 6.07) is 8.04. The molecule has 3 heteroatoms. The summed E-state index contributed by atoms with van der Waals surface area (Å²) < 4.78 is 5.77. The van der Waals surface area contributed by atoms with Gasteiger partial charge in [0.05, 0.1) is 0 Å². The van der Waals surface area contributed by atoms with Crippen molar-refractivity contribution in [3.63, 3.8) is 0 Å². The molecule has 1 N–H and O–H groups in total. The first kappa shape index (κ1) is 27.5. The molecule has 0 aliphatic heterocycles. The van der Waals surface area contributed by atoms with Crippen LogP contribution in [0.1, 0.15) is 129 Å². The van der Waals surface area contributed by atoms with E-state index >= 15 is 0 Å². The Balaban J connectivity index is 1.94. The fourth-order valence-electron chi connectivity index (χ4n) is 3.86. The van der Waals surface area contributed by atoms with Crippen LogP contribution in [-0.2, 0) is 4.79 Å². The molecule has 0 heterocycles. The van der Waals surface area contributed by atoms with Gasteiger partial charge in [0.15, 0.2) is 6.10 Å². The smallest absolute Gasteiger partial charge is 0.260 e. The summed E-state index contributed by atoms with van der Waals surface area (Å²) in [5.74, 6) is 1.23. The number of carbonyl (C=O) groups is 1. The number of benzene rings is 1. The summed E-state index contributed by atoms with van der Waals surface area (Å²) >= 11 is 0. The second kappa shape index (κ2) is 18.1. The normalized spacial score (nSPS) is 12.2. The number of nitrogens with one attached hydrogen (secondary N) is 1. The Morgan fingerprint density at radius 2 is 1.19 bits per heavy atom. The van der Waals surface area contributed by atoms with Crippen molar-refractivity contribution in [2.24, 2.45) is 0 Å². The average molecular weight is 432 g/mol. The van der Waals surface area contributed by atoms with Crippen LogP contribution < -0.4 is 10.1 Å². The van der Waals surface area contributed by atoms with Gasteiger partial charge in [0.2, 0.25) is 0 Å². The van der Waals surface area contributed by atoms with Crippen LogP contribution in [0.3, 0.4) is 0 Å². The lowest BCUT2D eigenvalue weighted by atomic mass is 10.0. The summed E-state index contributed by atoms with van der Waals surface area (Å²) in [6.07, 6.45) is 18.4. The summed E-state index contributed by atoms with van der Waals surface area (Å²) in [5.41, 5.74) is 1.28. The van der Waals surface area contributed by atoms with Gasteiger partial charge in [-0.25, -0.2) is 0 Å². The molecule has 1 atom stereocenters. The predicted octanol–water partition coefficient (Wildman–Crippen LogP) is 8.17. The number of carbonyl (C=O) groups excluding carboxylic acids is 1. The first-order chi connectivity index (χ1) is 15.0. The zero-order chi connectivity index (χ0) is 22.7. The third-order valence-corrected chi connectivity index (χ3v) is 6.06. The Hall–Kier alpha value is -1.51. The highest BCUT2D eigenvalue weighted by Crippen LogP contribution is 2.19. The number of amides is 1. The van der Waals surface area contributed by atoms with E-state index in [0.29, 0.717) is 5.92 Å². The van der Waals surface area contributed by atoms with Crippen LogP contribution in [-0.4, -0.2) is 18.6 Å². The van der Waals surface area contributed by atoms with E-state index in [0.717, 1.165) is 18.7 Å². The van der Waals surface area contributed by atoms with Gasteiger partial charge in [-0.05, 0) is 37.0 Å². The highest BCUT2D eigenvalue weighted by atomic mass is 16.5. The molecule has 0 aromatic heterocycles. The summed E-state index contributed by atoms with van der Waals surface area (Å²) in [7, 11) is 0. The number of unbranched alkanes of at least 4 members (excludes halogenated alkanes) is 13. The van der Waals surface area contributed by atoms with Gasteiger partial charge in [0.25, 0.3) is 5.91 Å². The Kier molecular flexibility index (Phi) is 16.1. The molecule has 1 unspecified atom stereocenters. The maximum Gasteiger partial charge on any atom is 0.260 e. The molecule has 0 radical (unpaired) electrons. The van der Waals surface area contributed by atoms with Crippen molar-refractivity contribution in [3.05, 3.63) is 29.8 Å². The first-order valence-electron chi connectivity index (χ1n) is 13.1. The molecule has 1 aromatic carbocycles. The lowest BCUT2D eigenvalue weighted by molar-refractivity contribution is -0.127. The van der Waals surface area contributed by atoms with Crippen molar-refractivity contribution in [2.45, 2.75) is 130 Å². The minimum Gasteiger partial charge on any atom is -0.481 e. The molecule has 1 amide bonds. The topological polar surface area (TPSA) is 38.3 Å². The molecular weight excluding hydrogens is 382 g/mol. The molecule has 0 bridgehead atoms. The van der Waals surface area contributed by atoms with Gasteiger partial charge in [0, 0.05) is 6.54 Å². The third kappa shape index (κ3) is 14.2. The predicted molar refractivity (Wildman–Crippen MR) is 134 cm³/mol. The van der Waals surface area contributed by atoms with Gasteiger partial charge in [-0.15, -0.1) is 0 Å². The molecule has 0 spiro atoms. The molecule has 0 aliphatic carbocycles. The number of hydrogen-bond donors (Lipinski definition) is 1. The van der Waals surface area contributed by atoms with Gasteiger partial charge in [0.1, 0.15) is 5.75 Å². The maximum absolute atomic E-state index is 12.2. The van der Waals surface area contributed by atoms with Crippen molar-refractivity contribution < 1.29 is 9.53 Å². The van der Waals surface area contributed by atoms with Crippen LogP contribution in [0.15, 0.2) is 24.3 Å². The summed E-state index contributed by atoms with van der Waals surface area (Å²) in [5, 5.41) is 3.01. The third-order valence-electron chi connectivity index (χ3n) is 6.06. The largest absolute Gasteiger partial charge is 0.481 e. The number of ether oxygens (including phenoxy) is 1. The monoisotopic (exact) mass is 431 g/mol. The van der Waals surface area contributed by atoms with Gasteiger partial charge in [-0.2, -0.15) is 0 Å². The first-order valence-corrected chi connectivity index (χ1v) is 13.1. The molecule has 1 aromatic rings. The van der Waals surface area contributed by atoms with E-state index in [4.69, 9.17) is 4.74 Å². The second-order valence-corrected chi connectivity index (χ2v) is 9.37. The lowest BCUT2D eigenvalue weighted by Gasteiger charge is -2.15. The van der Waals surface area contributed by atoms with Crippen LogP contribution in [0.4, 0.5) is 0 Å². The van der Waals surface area contributed by atoms with Gasteiger partial charge in [-0.1, -0.05) is 116 Å². The van der Waals surface area contributed by atoms with Crippen LogP contribution in [0.2, 0.25) is 0 Å². The van der Waals surface area contributed by atoms with E-state index in [-0.39, 0.29) is 5.91 Å². The van der Waals surface area contributed by atoms with Crippen LogP contribution >= 0.6 is 0 Å². The molecular formula is C28H49NO2. The van der Waals surface area contributed by atoms with E-state index in [1.165, 1.54) is 89.0 Å². The van der Waals surface area contributed by atoms with Gasteiger partial charge >= 0.3 is 0 Å². The molecule has 1 rings (SSSR count). The fourth-order valence-corrected chi connectivity index (χ4v) is 3.86. The molecule has 0 aliphatic rings. The molecule has 3 nitrogen and oxygen atoms in total. The lowest BCUT2D eigenvalue weighted by Crippen LogP contribution is -2.36. The van der Waals surface area contributed by atoms with E-state index in [2.05, 4.69) is 38.2 Å². The zero-order valence-electron chi connectivity index (χ0n) is 20.9. The Bertz CT molecular complexity index is 553. The average Bonchev–Trinajstić information content (AvgIpc) is 2.76. The molecule has 31 heavy (non-hydrogen) atoms. The van der Waals surface area contributed by atoms with Gasteiger partial charge in [-0.3, -0.25) is 4.79 Å². The summed E-state index contributed by atoms with van der Waals surface area (Å²) in [6.45, 7) is 9.18. The quantitative estimate of drug-likeness (QED) is 0.224. The number of rotatable bonds is 19. The Morgan fingerprint density at radius 1 is 0.742 bits per heavy atom. The SMILES string of the molecule is CCCCCCCCCCCCCCCCNC(=O)C(C)Oc1ccc(C(C)C)cc1. The highest BCUT2D eigenvalue weighted by Gasteiger charge is 2.14. The Morgan fingerprint density at radius 3 is 1.65 bits per heavy atom. The van der Waals surface area contributed by atoms with Gasteiger partial charge < -0.3 is 10.1 Å². The number of hydrogen-bond acceptors (Lipinski definition) is 2. The van der Waals surface area contributed by atoms with Crippen molar-refractivity contribution in [1.29, 1.82) is 0 Å². The molecule has 0 saturated carbocycles. The standard InChI is InChI=1S/C28H49NO2/c1-5-6-7-8-9-10-11-12-13-14-15-16-17-18-23-29-28(30)25(4)31-27-21-19-26(20-22-27)24(2)3/h19-22,24-25H,5-18,23H2,1-4H3,(H,29,30). The van der Waals surface area contributed by atoms with E-state index in [1.807, 2.05) is 19.1 Å². The minimum absolute atomic E-state index is 0.0253. The van der Waals surface area contributed by atoms with Crippen molar-refractivity contribution in [1.82, 2.24) is 5.32 Å². The van der Waals surface area contributed by atoms with Crippen LogP contribution in [0.25, 0.3) is 0 Å². The van der Waals surface area contributed by atoms with Crippen molar-refractivity contribution in [3.8, 4) is 5.75 Å². The molecule has 0 fully saturated rings. The summed E-state index contributed by atoms with van der Waals surface area (Å²) in [4.78, 5) is 12.2. The second-order valence-electron chi connectivity index (χ2n) is 9.37.